The monoisotopic (exact) mass is 466 g/mol. The molecule has 3 rings (SSSR count). The van der Waals surface area contributed by atoms with Gasteiger partial charge >= 0.3 is 0 Å². The van der Waals surface area contributed by atoms with Gasteiger partial charge in [-0.25, -0.2) is 4.98 Å². The molecule has 24 heavy (non-hydrogen) atoms. The Kier molecular flexibility index (Phi) is 5.91. The van der Waals surface area contributed by atoms with Crippen LogP contribution in [0.2, 0.25) is 0 Å². The number of thiazole rings is 1. The molecule has 1 heterocycles. The van der Waals surface area contributed by atoms with Gasteiger partial charge in [0.25, 0.3) is 5.91 Å². The van der Waals surface area contributed by atoms with Gasteiger partial charge in [0.1, 0.15) is 0 Å². The third kappa shape index (κ3) is 4.37. The van der Waals surface area contributed by atoms with Gasteiger partial charge in [0, 0.05) is 25.0 Å². The van der Waals surface area contributed by atoms with Crippen molar-refractivity contribution in [3.63, 3.8) is 0 Å². The van der Waals surface area contributed by atoms with Crippen LogP contribution in [0.15, 0.2) is 58.8 Å². The first-order valence-corrected chi connectivity index (χ1v) is 10.4. The van der Waals surface area contributed by atoms with Crippen molar-refractivity contribution in [3.8, 4) is 11.3 Å². The molecule has 0 aliphatic heterocycles. The molecule has 3 aromatic rings. The Morgan fingerprint density at radius 3 is 2.79 bits per heavy atom. The Morgan fingerprint density at radius 2 is 2.04 bits per heavy atom. The fourth-order valence-corrected chi connectivity index (χ4v) is 3.94. The number of thioether (sulfide) groups is 1. The number of hydrogen-bond donors (Lipinski definition) is 1. The lowest BCUT2D eigenvalue weighted by Gasteiger charge is -2.04. The zero-order valence-corrected chi connectivity index (χ0v) is 16.7. The van der Waals surface area contributed by atoms with Crippen molar-refractivity contribution in [2.75, 3.05) is 11.1 Å². The highest BCUT2D eigenvalue weighted by Gasteiger charge is 2.10. The fourth-order valence-electron chi connectivity index (χ4n) is 2.15. The van der Waals surface area contributed by atoms with Gasteiger partial charge in [0.2, 0.25) is 0 Å². The van der Waals surface area contributed by atoms with Crippen LogP contribution in [0.1, 0.15) is 17.3 Å². The van der Waals surface area contributed by atoms with E-state index < -0.39 is 0 Å². The number of rotatable bonds is 5. The van der Waals surface area contributed by atoms with Crippen molar-refractivity contribution >= 4 is 56.7 Å². The number of aromatic nitrogens is 1. The number of nitrogens with zero attached hydrogens (tertiary/aromatic N) is 1. The summed E-state index contributed by atoms with van der Waals surface area (Å²) in [4.78, 5) is 18.0. The van der Waals surface area contributed by atoms with Gasteiger partial charge in [0.05, 0.1) is 5.69 Å². The van der Waals surface area contributed by atoms with E-state index in [1.165, 1.54) is 14.9 Å². The number of carbonyl (C=O) groups excluding carboxylic acids is 1. The molecule has 0 fully saturated rings. The smallest absolute Gasteiger partial charge is 0.257 e. The van der Waals surface area contributed by atoms with Gasteiger partial charge in [-0.1, -0.05) is 25.1 Å². The van der Waals surface area contributed by atoms with Gasteiger partial charge in [-0.15, -0.1) is 23.1 Å². The van der Waals surface area contributed by atoms with Crippen LogP contribution >= 0.6 is 45.7 Å². The number of hydrogen-bond acceptors (Lipinski definition) is 4. The van der Waals surface area contributed by atoms with E-state index in [-0.39, 0.29) is 5.91 Å². The van der Waals surface area contributed by atoms with Crippen LogP contribution in [0.3, 0.4) is 0 Å². The fraction of sp³-hybridized carbons (Fsp3) is 0.111. The number of benzene rings is 2. The second-order valence-corrected chi connectivity index (χ2v) is 8.40. The Hall–Kier alpha value is -1.38. The van der Waals surface area contributed by atoms with Crippen LogP contribution in [-0.2, 0) is 0 Å². The Bertz CT molecular complexity index is 846. The first-order valence-electron chi connectivity index (χ1n) is 7.41. The zero-order valence-electron chi connectivity index (χ0n) is 13.0. The standard InChI is InChI=1S/C18H15IN2OS2/c1-2-23-15-5-3-4-13(10-15)17(22)21-18-20-16(11-24-18)12-6-8-14(19)9-7-12/h3-11H,2H2,1H3,(H,20,21,22). The maximum absolute atomic E-state index is 12.4. The van der Waals surface area contributed by atoms with E-state index in [0.717, 1.165) is 21.9 Å². The van der Waals surface area contributed by atoms with Gasteiger partial charge in [0.15, 0.2) is 5.13 Å². The second-order valence-electron chi connectivity index (χ2n) is 4.96. The average Bonchev–Trinajstić information content (AvgIpc) is 3.04. The van der Waals surface area contributed by atoms with Crippen molar-refractivity contribution < 1.29 is 4.79 Å². The van der Waals surface area contributed by atoms with Gasteiger partial charge in [-0.2, -0.15) is 0 Å². The molecule has 3 nitrogen and oxygen atoms in total. The lowest BCUT2D eigenvalue weighted by Crippen LogP contribution is -2.11. The maximum atomic E-state index is 12.4. The molecule has 122 valence electrons. The summed E-state index contributed by atoms with van der Waals surface area (Å²) in [5, 5.41) is 5.46. The molecule has 6 heteroatoms. The molecular weight excluding hydrogens is 451 g/mol. The first kappa shape index (κ1) is 17.4. The summed E-state index contributed by atoms with van der Waals surface area (Å²) in [6.45, 7) is 2.10. The average molecular weight is 466 g/mol. The molecule has 1 aromatic heterocycles. The highest BCUT2D eigenvalue weighted by Crippen LogP contribution is 2.26. The lowest BCUT2D eigenvalue weighted by molar-refractivity contribution is 0.102. The van der Waals surface area contributed by atoms with E-state index in [2.05, 4.69) is 39.8 Å². The van der Waals surface area contributed by atoms with E-state index in [4.69, 9.17) is 0 Å². The van der Waals surface area contributed by atoms with Crippen LogP contribution in [-0.4, -0.2) is 16.6 Å². The summed E-state index contributed by atoms with van der Waals surface area (Å²) in [5.74, 6) is 0.855. The Morgan fingerprint density at radius 1 is 1.25 bits per heavy atom. The number of anilines is 1. The van der Waals surface area contributed by atoms with Crippen LogP contribution in [0.4, 0.5) is 5.13 Å². The summed E-state index contributed by atoms with van der Waals surface area (Å²) >= 11 is 5.43. The number of amides is 1. The molecule has 0 atom stereocenters. The number of carbonyl (C=O) groups is 1. The normalized spacial score (nSPS) is 10.6. The van der Waals surface area contributed by atoms with Gasteiger partial charge in [-0.05, 0) is 58.7 Å². The minimum atomic E-state index is -0.128. The van der Waals surface area contributed by atoms with Gasteiger partial charge in [-0.3, -0.25) is 10.1 Å². The Balaban J connectivity index is 1.73. The van der Waals surface area contributed by atoms with Crippen molar-refractivity contribution in [3.05, 3.63) is 63.0 Å². The lowest BCUT2D eigenvalue weighted by atomic mass is 10.2. The number of nitrogens with one attached hydrogen (secondary N) is 1. The predicted octanol–water partition coefficient (Wildman–Crippen LogP) is 5.78. The summed E-state index contributed by atoms with van der Waals surface area (Å²) in [5.41, 5.74) is 2.58. The summed E-state index contributed by atoms with van der Waals surface area (Å²) in [6, 6.07) is 15.8. The van der Waals surface area contributed by atoms with E-state index >= 15 is 0 Å². The highest BCUT2D eigenvalue weighted by molar-refractivity contribution is 14.1. The van der Waals surface area contributed by atoms with E-state index in [9.17, 15) is 4.79 Å². The Labute approximate surface area is 163 Å². The van der Waals surface area contributed by atoms with Crippen molar-refractivity contribution in [2.45, 2.75) is 11.8 Å². The molecule has 2 aromatic carbocycles. The van der Waals surface area contributed by atoms with Crippen molar-refractivity contribution in [2.24, 2.45) is 0 Å². The largest absolute Gasteiger partial charge is 0.298 e. The van der Waals surface area contributed by atoms with Crippen molar-refractivity contribution in [1.82, 2.24) is 4.98 Å². The predicted molar refractivity (Wildman–Crippen MR) is 111 cm³/mol. The molecule has 0 spiro atoms. The second kappa shape index (κ2) is 8.13. The first-order chi connectivity index (χ1) is 11.7. The van der Waals surface area contributed by atoms with Gasteiger partial charge < -0.3 is 0 Å². The molecule has 0 radical (unpaired) electrons. The summed E-state index contributed by atoms with van der Waals surface area (Å²) < 4.78 is 1.19. The van der Waals surface area contributed by atoms with Crippen molar-refractivity contribution in [1.29, 1.82) is 0 Å². The molecular formula is C18H15IN2OS2. The molecule has 1 N–H and O–H groups in total. The van der Waals surface area contributed by atoms with Crippen LogP contribution in [0.25, 0.3) is 11.3 Å². The van der Waals surface area contributed by atoms with E-state index in [1.807, 2.05) is 53.9 Å². The molecule has 0 saturated heterocycles. The molecule has 1 amide bonds. The minimum absolute atomic E-state index is 0.128. The van der Waals surface area contributed by atoms with Crippen LogP contribution in [0.5, 0.6) is 0 Å². The highest BCUT2D eigenvalue weighted by atomic mass is 127. The zero-order chi connectivity index (χ0) is 16.9. The topological polar surface area (TPSA) is 42.0 Å². The van der Waals surface area contributed by atoms with Crippen LogP contribution in [0, 0.1) is 3.57 Å². The molecule has 0 saturated carbocycles. The number of halogens is 1. The third-order valence-electron chi connectivity index (χ3n) is 3.27. The molecule has 0 unspecified atom stereocenters. The summed E-state index contributed by atoms with van der Waals surface area (Å²) in [7, 11) is 0. The van der Waals surface area contributed by atoms with Crippen LogP contribution < -0.4 is 5.32 Å². The molecule has 0 aliphatic rings. The SMILES string of the molecule is CCSc1cccc(C(=O)Nc2nc(-c3ccc(I)cc3)cs2)c1. The maximum Gasteiger partial charge on any atom is 0.257 e. The third-order valence-corrected chi connectivity index (χ3v) is 5.62. The molecule has 0 bridgehead atoms. The molecule has 0 aliphatic carbocycles. The van der Waals surface area contributed by atoms with E-state index in [0.29, 0.717) is 10.7 Å². The quantitative estimate of drug-likeness (QED) is 0.383. The van der Waals surface area contributed by atoms with E-state index in [1.54, 1.807) is 11.8 Å². The minimum Gasteiger partial charge on any atom is -0.298 e. The summed E-state index contributed by atoms with van der Waals surface area (Å²) in [6.07, 6.45) is 0.